The highest BCUT2D eigenvalue weighted by Crippen LogP contribution is 2.03. The van der Waals surface area contributed by atoms with Crippen LogP contribution in [0.5, 0.6) is 0 Å². The van der Waals surface area contributed by atoms with Crippen LogP contribution in [0.1, 0.15) is 11.1 Å². The Hall–Kier alpha value is -1.33. The quantitative estimate of drug-likeness (QED) is 0.582. The number of carbonyl (C=O) groups excluding carboxylic acids is 1. The molecule has 0 saturated heterocycles. The first-order valence-corrected chi connectivity index (χ1v) is 3.58. The molecule has 1 rings (SSSR count). The van der Waals surface area contributed by atoms with Crippen molar-refractivity contribution in [2.24, 2.45) is 0 Å². The van der Waals surface area contributed by atoms with Crippen LogP contribution >= 0.6 is 0 Å². The molecular weight excluding hydrogens is 136 g/mol. The lowest BCUT2D eigenvalue weighted by molar-refractivity contribution is 0.568. The predicted molar refractivity (Wildman–Crippen MR) is 45.1 cm³/mol. The molecule has 0 aliphatic heterocycles. The summed E-state index contributed by atoms with van der Waals surface area (Å²) in [5, 5.41) is 0. The number of aryl methyl sites for hydroxylation is 1. The molecule has 0 amide bonds. The molecule has 0 aliphatic rings. The van der Waals surface area contributed by atoms with Gasteiger partial charge in [-0.1, -0.05) is 29.8 Å². The molecule has 0 radical (unpaired) electrons. The standard InChI is InChI=1S/C10H10O/c1-9-4-2-5-10(8-9)6-3-7-11/h2-5,8H,6H2,1H3. The molecule has 1 aromatic rings. The topological polar surface area (TPSA) is 17.1 Å². The Kier molecular flexibility index (Phi) is 2.65. The van der Waals surface area contributed by atoms with Crippen molar-refractivity contribution in [3.05, 3.63) is 41.5 Å². The maximum absolute atomic E-state index is 9.88. The third-order valence-electron chi connectivity index (χ3n) is 1.50. The number of hydrogen-bond acceptors (Lipinski definition) is 1. The average molecular weight is 146 g/mol. The van der Waals surface area contributed by atoms with Crippen molar-refractivity contribution in [2.45, 2.75) is 13.3 Å². The molecule has 0 saturated carbocycles. The van der Waals surface area contributed by atoms with E-state index in [9.17, 15) is 4.79 Å². The highest BCUT2D eigenvalue weighted by atomic mass is 16.1. The normalized spacial score (nSPS) is 8.82. The van der Waals surface area contributed by atoms with Crippen LogP contribution < -0.4 is 0 Å². The molecule has 0 aliphatic carbocycles. The molecule has 0 N–H and O–H groups in total. The Morgan fingerprint density at radius 3 is 3.00 bits per heavy atom. The van der Waals surface area contributed by atoms with Crippen molar-refractivity contribution >= 4 is 5.94 Å². The zero-order valence-corrected chi connectivity index (χ0v) is 6.50. The van der Waals surface area contributed by atoms with Crippen LogP contribution in [0.25, 0.3) is 0 Å². The minimum Gasteiger partial charge on any atom is -0.234 e. The average Bonchev–Trinajstić information content (AvgIpc) is 2.01. The molecule has 56 valence electrons. The first-order valence-electron chi connectivity index (χ1n) is 3.58. The lowest BCUT2D eigenvalue weighted by atomic mass is 10.1. The number of rotatable bonds is 2. The molecule has 11 heavy (non-hydrogen) atoms. The zero-order valence-electron chi connectivity index (χ0n) is 6.50. The third kappa shape index (κ3) is 2.40. The first kappa shape index (κ1) is 7.77. The van der Waals surface area contributed by atoms with Crippen LogP contribution in [0, 0.1) is 6.92 Å². The summed E-state index contributed by atoms with van der Waals surface area (Å²) in [6, 6.07) is 8.09. The Bertz CT molecular complexity index is 283. The molecule has 0 atom stereocenters. The Morgan fingerprint density at radius 1 is 1.55 bits per heavy atom. The Morgan fingerprint density at radius 2 is 2.36 bits per heavy atom. The molecule has 0 bridgehead atoms. The minimum absolute atomic E-state index is 0.686. The highest BCUT2D eigenvalue weighted by molar-refractivity contribution is 5.46. The van der Waals surface area contributed by atoms with Crippen molar-refractivity contribution < 1.29 is 4.79 Å². The van der Waals surface area contributed by atoms with Crippen LogP contribution in [0.4, 0.5) is 0 Å². The minimum atomic E-state index is 0.686. The first-order chi connectivity index (χ1) is 5.33. The molecule has 0 aromatic heterocycles. The zero-order chi connectivity index (χ0) is 8.10. The fourth-order valence-electron chi connectivity index (χ4n) is 0.999. The molecule has 0 heterocycles. The van der Waals surface area contributed by atoms with Crippen molar-refractivity contribution in [1.29, 1.82) is 0 Å². The second-order valence-corrected chi connectivity index (χ2v) is 2.52. The molecule has 0 unspecified atom stereocenters. The van der Waals surface area contributed by atoms with Gasteiger partial charge in [-0.15, -0.1) is 0 Å². The van der Waals surface area contributed by atoms with Crippen LogP contribution in [0.15, 0.2) is 30.3 Å². The number of allylic oxidation sites excluding steroid dienone is 1. The van der Waals surface area contributed by atoms with Gasteiger partial charge < -0.3 is 0 Å². The van der Waals surface area contributed by atoms with E-state index in [0.717, 1.165) is 5.56 Å². The van der Waals surface area contributed by atoms with Gasteiger partial charge in [0.05, 0.1) is 0 Å². The number of hydrogen-bond donors (Lipinski definition) is 0. The lowest BCUT2D eigenvalue weighted by Gasteiger charge is -1.95. The fourth-order valence-corrected chi connectivity index (χ4v) is 0.999. The fraction of sp³-hybridized carbons (Fsp3) is 0.200. The maximum Gasteiger partial charge on any atom is 0.120 e. The third-order valence-corrected chi connectivity index (χ3v) is 1.50. The molecule has 1 aromatic carbocycles. The van der Waals surface area contributed by atoms with Gasteiger partial charge in [-0.2, -0.15) is 0 Å². The SMILES string of the molecule is Cc1cccc(CC=C=O)c1. The summed E-state index contributed by atoms with van der Waals surface area (Å²) in [4.78, 5) is 9.88. The van der Waals surface area contributed by atoms with E-state index in [-0.39, 0.29) is 0 Å². The van der Waals surface area contributed by atoms with E-state index in [1.54, 1.807) is 5.94 Å². The van der Waals surface area contributed by atoms with Gasteiger partial charge in [0, 0.05) is 12.5 Å². The summed E-state index contributed by atoms with van der Waals surface area (Å²) in [5.41, 5.74) is 2.38. The predicted octanol–water partition coefficient (Wildman–Crippen LogP) is 1.93. The van der Waals surface area contributed by atoms with Gasteiger partial charge in [-0.25, -0.2) is 4.79 Å². The van der Waals surface area contributed by atoms with Crippen LogP contribution in [0.3, 0.4) is 0 Å². The van der Waals surface area contributed by atoms with Gasteiger partial charge >= 0.3 is 0 Å². The second-order valence-electron chi connectivity index (χ2n) is 2.52. The van der Waals surface area contributed by atoms with Gasteiger partial charge in [0.15, 0.2) is 0 Å². The van der Waals surface area contributed by atoms with E-state index < -0.39 is 0 Å². The summed E-state index contributed by atoms with van der Waals surface area (Å²) < 4.78 is 0. The summed E-state index contributed by atoms with van der Waals surface area (Å²) >= 11 is 0. The second kappa shape index (κ2) is 3.75. The molecule has 0 fully saturated rings. The van der Waals surface area contributed by atoms with Crippen molar-refractivity contribution in [3.63, 3.8) is 0 Å². The number of benzene rings is 1. The van der Waals surface area contributed by atoms with Gasteiger partial charge in [-0.3, -0.25) is 0 Å². The Balaban J connectivity index is 2.79. The summed E-state index contributed by atoms with van der Waals surface area (Å²) in [6.07, 6.45) is 2.18. The van der Waals surface area contributed by atoms with Gasteiger partial charge in [0.2, 0.25) is 0 Å². The maximum atomic E-state index is 9.88. The summed E-state index contributed by atoms with van der Waals surface area (Å²) in [5.74, 6) is 1.76. The molecule has 0 spiro atoms. The molecule has 1 heteroatoms. The van der Waals surface area contributed by atoms with E-state index in [1.165, 1.54) is 11.6 Å². The monoisotopic (exact) mass is 146 g/mol. The largest absolute Gasteiger partial charge is 0.234 e. The van der Waals surface area contributed by atoms with Crippen molar-refractivity contribution in [3.8, 4) is 0 Å². The van der Waals surface area contributed by atoms with Gasteiger partial charge in [-0.05, 0) is 12.5 Å². The van der Waals surface area contributed by atoms with E-state index in [1.807, 2.05) is 25.1 Å². The van der Waals surface area contributed by atoms with Crippen LogP contribution in [0.2, 0.25) is 0 Å². The Labute approximate surface area is 66.4 Å². The van der Waals surface area contributed by atoms with E-state index >= 15 is 0 Å². The highest BCUT2D eigenvalue weighted by Gasteiger charge is 1.88. The van der Waals surface area contributed by atoms with Gasteiger partial charge in [0.25, 0.3) is 0 Å². The van der Waals surface area contributed by atoms with E-state index in [0.29, 0.717) is 6.42 Å². The van der Waals surface area contributed by atoms with Crippen molar-refractivity contribution in [1.82, 2.24) is 0 Å². The van der Waals surface area contributed by atoms with Gasteiger partial charge in [0.1, 0.15) is 5.94 Å². The van der Waals surface area contributed by atoms with Crippen LogP contribution in [-0.4, -0.2) is 5.94 Å². The summed E-state index contributed by atoms with van der Waals surface area (Å²) in [7, 11) is 0. The lowest BCUT2D eigenvalue weighted by Crippen LogP contribution is -1.81. The van der Waals surface area contributed by atoms with E-state index in [2.05, 4.69) is 6.07 Å². The molecular formula is C10H10O. The van der Waals surface area contributed by atoms with E-state index in [4.69, 9.17) is 0 Å². The van der Waals surface area contributed by atoms with Crippen LogP contribution in [-0.2, 0) is 11.2 Å². The smallest absolute Gasteiger partial charge is 0.120 e. The summed E-state index contributed by atoms with van der Waals surface area (Å²) in [6.45, 7) is 2.04. The van der Waals surface area contributed by atoms with Crippen molar-refractivity contribution in [2.75, 3.05) is 0 Å². The molecule has 1 nitrogen and oxygen atoms in total.